The second kappa shape index (κ2) is 8.95. The molecule has 0 aromatic carbocycles. The molecule has 0 spiro atoms. The van der Waals surface area contributed by atoms with Crippen molar-refractivity contribution in [1.29, 1.82) is 0 Å². The minimum absolute atomic E-state index is 0. The molecule has 15 heavy (non-hydrogen) atoms. The molecule has 0 aliphatic rings. The topological polar surface area (TPSA) is 58.4 Å². The van der Waals surface area contributed by atoms with Crippen molar-refractivity contribution in [3.05, 3.63) is 0 Å². The van der Waals surface area contributed by atoms with Gasteiger partial charge in [0.05, 0.1) is 6.04 Å². The van der Waals surface area contributed by atoms with E-state index in [2.05, 4.69) is 31.0 Å². The molecule has 0 fully saturated rings. The normalized spacial score (nSPS) is 14.3. The highest BCUT2D eigenvalue weighted by Crippen LogP contribution is 1.96. The van der Waals surface area contributed by atoms with Crippen molar-refractivity contribution >= 4 is 18.3 Å². The number of rotatable bonds is 6. The standard InChI is InChI=1S/C10H23N3O.ClH/c1-5-13(6-2)8(3)7-12-10(14)9(4)11;/h8-9H,5-7,11H2,1-4H3,(H,12,14);1H. The monoisotopic (exact) mass is 237 g/mol. The number of amides is 1. The van der Waals surface area contributed by atoms with Gasteiger partial charge in [0.1, 0.15) is 0 Å². The first-order valence-electron chi connectivity index (χ1n) is 5.30. The molecule has 0 bridgehead atoms. The number of hydrogen-bond acceptors (Lipinski definition) is 3. The number of likely N-dealkylation sites (N-methyl/N-ethyl adjacent to an activating group) is 1. The Morgan fingerprint density at radius 3 is 2.13 bits per heavy atom. The van der Waals surface area contributed by atoms with Crippen molar-refractivity contribution in [3.8, 4) is 0 Å². The third-order valence-corrected chi connectivity index (χ3v) is 2.42. The minimum atomic E-state index is -0.418. The summed E-state index contributed by atoms with van der Waals surface area (Å²) in [6.45, 7) is 10.7. The van der Waals surface area contributed by atoms with E-state index in [1.54, 1.807) is 6.92 Å². The fourth-order valence-electron chi connectivity index (χ4n) is 1.39. The van der Waals surface area contributed by atoms with E-state index in [9.17, 15) is 4.79 Å². The number of hydrogen-bond donors (Lipinski definition) is 2. The smallest absolute Gasteiger partial charge is 0.236 e. The van der Waals surface area contributed by atoms with Gasteiger partial charge in [0, 0.05) is 12.6 Å². The van der Waals surface area contributed by atoms with Gasteiger partial charge in [0.25, 0.3) is 0 Å². The van der Waals surface area contributed by atoms with Crippen LogP contribution in [0, 0.1) is 0 Å². The molecule has 2 atom stereocenters. The number of nitrogens with two attached hydrogens (primary N) is 1. The highest BCUT2D eigenvalue weighted by Gasteiger charge is 2.12. The van der Waals surface area contributed by atoms with Crippen LogP contribution in [0.15, 0.2) is 0 Å². The van der Waals surface area contributed by atoms with Gasteiger partial charge in [-0.2, -0.15) is 0 Å². The lowest BCUT2D eigenvalue weighted by Crippen LogP contribution is -2.46. The summed E-state index contributed by atoms with van der Waals surface area (Å²) >= 11 is 0. The van der Waals surface area contributed by atoms with Crippen molar-refractivity contribution in [3.63, 3.8) is 0 Å². The van der Waals surface area contributed by atoms with E-state index in [1.165, 1.54) is 0 Å². The summed E-state index contributed by atoms with van der Waals surface area (Å²) in [7, 11) is 0. The lowest BCUT2D eigenvalue weighted by molar-refractivity contribution is -0.122. The van der Waals surface area contributed by atoms with Crippen LogP contribution < -0.4 is 11.1 Å². The van der Waals surface area contributed by atoms with Gasteiger partial charge in [0.2, 0.25) is 5.91 Å². The van der Waals surface area contributed by atoms with E-state index in [-0.39, 0.29) is 18.3 Å². The maximum atomic E-state index is 11.2. The van der Waals surface area contributed by atoms with Crippen molar-refractivity contribution < 1.29 is 4.79 Å². The molecule has 0 saturated heterocycles. The number of halogens is 1. The molecule has 92 valence electrons. The van der Waals surface area contributed by atoms with Crippen LogP contribution in [0.1, 0.15) is 27.7 Å². The number of nitrogens with one attached hydrogen (secondary N) is 1. The van der Waals surface area contributed by atoms with Gasteiger partial charge in [-0.3, -0.25) is 9.69 Å². The van der Waals surface area contributed by atoms with Gasteiger partial charge in [-0.15, -0.1) is 12.4 Å². The van der Waals surface area contributed by atoms with Crippen LogP contribution in [0.4, 0.5) is 0 Å². The van der Waals surface area contributed by atoms with E-state index in [1.807, 2.05) is 0 Å². The highest BCUT2D eigenvalue weighted by atomic mass is 35.5. The van der Waals surface area contributed by atoms with Crippen molar-refractivity contribution in [2.45, 2.75) is 39.8 Å². The van der Waals surface area contributed by atoms with Crippen LogP contribution in [0.25, 0.3) is 0 Å². The van der Waals surface area contributed by atoms with Crippen LogP contribution in [-0.4, -0.2) is 42.5 Å². The first-order valence-corrected chi connectivity index (χ1v) is 5.30. The summed E-state index contributed by atoms with van der Waals surface area (Å²) < 4.78 is 0. The Kier molecular flexibility index (Phi) is 10.2. The Morgan fingerprint density at radius 1 is 1.33 bits per heavy atom. The zero-order valence-corrected chi connectivity index (χ0v) is 10.9. The second-order valence-electron chi connectivity index (χ2n) is 3.60. The Balaban J connectivity index is 0. The summed E-state index contributed by atoms with van der Waals surface area (Å²) in [5.74, 6) is -0.0796. The maximum Gasteiger partial charge on any atom is 0.236 e. The SMILES string of the molecule is CCN(CC)C(C)CNC(=O)C(C)N.Cl. The van der Waals surface area contributed by atoms with E-state index in [0.717, 1.165) is 13.1 Å². The zero-order chi connectivity index (χ0) is 11.1. The van der Waals surface area contributed by atoms with Crippen molar-refractivity contribution in [1.82, 2.24) is 10.2 Å². The van der Waals surface area contributed by atoms with Gasteiger partial charge in [-0.05, 0) is 26.9 Å². The van der Waals surface area contributed by atoms with Gasteiger partial charge >= 0.3 is 0 Å². The lowest BCUT2D eigenvalue weighted by Gasteiger charge is -2.26. The molecule has 0 saturated carbocycles. The highest BCUT2D eigenvalue weighted by molar-refractivity contribution is 5.85. The Morgan fingerprint density at radius 2 is 1.80 bits per heavy atom. The fraction of sp³-hybridized carbons (Fsp3) is 0.900. The molecule has 5 heteroatoms. The Bertz CT molecular complexity index is 172. The molecule has 4 nitrogen and oxygen atoms in total. The average Bonchev–Trinajstić information content (AvgIpc) is 2.15. The molecule has 0 heterocycles. The molecule has 0 aromatic heterocycles. The molecule has 0 aliphatic heterocycles. The van der Waals surface area contributed by atoms with Crippen molar-refractivity contribution in [2.75, 3.05) is 19.6 Å². The average molecular weight is 238 g/mol. The fourth-order valence-corrected chi connectivity index (χ4v) is 1.39. The third-order valence-electron chi connectivity index (χ3n) is 2.42. The predicted octanol–water partition coefficient (Wildman–Crippen LogP) is 0.602. The van der Waals surface area contributed by atoms with Crippen LogP contribution >= 0.6 is 12.4 Å². The molecule has 2 unspecified atom stereocenters. The lowest BCUT2D eigenvalue weighted by atomic mass is 10.2. The predicted molar refractivity (Wildman–Crippen MR) is 66.3 cm³/mol. The van der Waals surface area contributed by atoms with Crippen LogP contribution in [0.2, 0.25) is 0 Å². The van der Waals surface area contributed by atoms with Crippen LogP contribution in [-0.2, 0) is 4.79 Å². The number of nitrogens with zero attached hydrogens (tertiary/aromatic N) is 1. The first-order chi connectivity index (χ1) is 6.52. The van der Waals surface area contributed by atoms with Gasteiger partial charge in [-0.25, -0.2) is 0 Å². The Labute approximate surface area is 99.0 Å². The number of carbonyl (C=O) groups is 1. The van der Waals surface area contributed by atoms with Gasteiger partial charge in [0.15, 0.2) is 0 Å². The largest absolute Gasteiger partial charge is 0.353 e. The Hall–Kier alpha value is -0.320. The van der Waals surface area contributed by atoms with Gasteiger partial charge < -0.3 is 11.1 Å². The first kappa shape index (κ1) is 17.1. The summed E-state index contributed by atoms with van der Waals surface area (Å²) in [6.07, 6.45) is 0. The number of carbonyl (C=O) groups excluding carboxylic acids is 1. The molecule has 1 amide bonds. The molecule has 3 N–H and O–H groups in total. The molecular formula is C10H24ClN3O. The second-order valence-corrected chi connectivity index (χ2v) is 3.60. The summed E-state index contributed by atoms with van der Waals surface area (Å²) in [6, 6.07) is -0.0494. The molecule has 0 radical (unpaired) electrons. The van der Waals surface area contributed by atoms with E-state index in [4.69, 9.17) is 5.73 Å². The summed E-state index contributed by atoms with van der Waals surface area (Å²) in [5, 5.41) is 2.83. The third kappa shape index (κ3) is 6.71. The zero-order valence-electron chi connectivity index (χ0n) is 10.1. The van der Waals surface area contributed by atoms with Crippen LogP contribution in [0.3, 0.4) is 0 Å². The maximum absolute atomic E-state index is 11.2. The van der Waals surface area contributed by atoms with E-state index in [0.29, 0.717) is 12.6 Å². The van der Waals surface area contributed by atoms with E-state index < -0.39 is 6.04 Å². The molecular weight excluding hydrogens is 214 g/mol. The molecule has 0 aliphatic carbocycles. The summed E-state index contributed by atoms with van der Waals surface area (Å²) in [5.41, 5.74) is 5.44. The quantitative estimate of drug-likeness (QED) is 0.712. The van der Waals surface area contributed by atoms with Crippen molar-refractivity contribution in [2.24, 2.45) is 5.73 Å². The molecule has 0 rings (SSSR count). The molecule has 0 aromatic rings. The minimum Gasteiger partial charge on any atom is -0.353 e. The van der Waals surface area contributed by atoms with E-state index >= 15 is 0 Å². The van der Waals surface area contributed by atoms with Gasteiger partial charge in [-0.1, -0.05) is 13.8 Å². The summed E-state index contributed by atoms with van der Waals surface area (Å²) in [4.78, 5) is 13.5. The van der Waals surface area contributed by atoms with Crippen LogP contribution in [0.5, 0.6) is 0 Å².